The van der Waals surface area contributed by atoms with Crippen molar-refractivity contribution in [3.8, 4) is 11.3 Å². The lowest BCUT2D eigenvalue weighted by Crippen LogP contribution is -2.34. The molecule has 0 unspecified atom stereocenters. The monoisotopic (exact) mass is 446 g/mol. The van der Waals surface area contributed by atoms with E-state index in [1.165, 1.54) is 42.5 Å². The van der Waals surface area contributed by atoms with E-state index in [9.17, 15) is 25.0 Å². The Morgan fingerprint density at radius 1 is 1.00 bits per heavy atom. The number of para-hydroxylation sites is 1. The van der Waals surface area contributed by atoms with E-state index in [0.29, 0.717) is 0 Å². The van der Waals surface area contributed by atoms with Crippen molar-refractivity contribution in [2.24, 2.45) is 0 Å². The summed E-state index contributed by atoms with van der Waals surface area (Å²) < 4.78 is 5.42. The van der Waals surface area contributed by atoms with Crippen molar-refractivity contribution in [3.63, 3.8) is 0 Å². The highest BCUT2D eigenvalue weighted by Gasteiger charge is 2.21. The van der Waals surface area contributed by atoms with Crippen molar-refractivity contribution >= 4 is 51.9 Å². The molecule has 0 fully saturated rings. The van der Waals surface area contributed by atoms with E-state index < -0.39 is 15.8 Å². The van der Waals surface area contributed by atoms with Gasteiger partial charge in [0.15, 0.2) is 10.9 Å². The first-order valence-electron chi connectivity index (χ1n) is 8.16. The van der Waals surface area contributed by atoms with Gasteiger partial charge in [0.2, 0.25) is 0 Å². The van der Waals surface area contributed by atoms with Gasteiger partial charge in [-0.3, -0.25) is 30.3 Å². The predicted molar refractivity (Wildman–Crippen MR) is 113 cm³/mol. The number of nitrogens with zero attached hydrogens (tertiary/aromatic N) is 2. The van der Waals surface area contributed by atoms with Gasteiger partial charge in [0.1, 0.15) is 11.4 Å². The lowest BCUT2D eigenvalue weighted by Gasteiger charge is -2.09. The van der Waals surface area contributed by atoms with E-state index in [2.05, 4.69) is 10.6 Å². The molecule has 152 valence electrons. The predicted octanol–water partition coefficient (Wildman–Crippen LogP) is 4.54. The Labute approximate surface area is 178 Å². The van der Waals surface area contributed by atoms with E-state index in [1.807, 2.05) is 0 Å². The third kappa shape index (κ3) is 4.59. The number of furan rings is 1. The van der Waals surface area contributed by atoms with Crippen LogP contribution < -0.4 is 10.6 Å². The number of nitro benzene ring substituents is 2. The molecule has 3 rings (SSSR count). The molecule has 2 aromatic carbocycles. The first kappa shape index (κ1) is 20.9. The van der Waals surface area contributed by atoms with Crippen LogP contribution in [0.5, 0.6) is 0 Å². The van der Waals surface area contributed by atoms with Gasteiger partial charge < -0.3 is 9.73 Å². The van der Waals surface area contributed by atoms with Crippen LogP contribution in [0.3, 0.4) is 0 Å². The number of halogens is 1. The zero-order valence-electron chi connectivity index (χ0n) is 14.8. The molecular weight excluding hydrogens is 436 g/mol. The number of nitrogens with one attached hydrogen (secondary N) is 2. The number of rotatable bonds is 5. The zero-order valence-corrected chi connectivity index (χ0v) is 16.4. The number of anilines is 1. The molecule has 1 heterocycles. The van der Waals surface area contributed by atoms with Gasteiger partial charge in [0.05, 0.1) is 15.4 Å². The Bertz CT molecular complexity index is 1180. The summed E-state index contributed by atoms with van der Waals surface area (Å²) in [6.07, 6.45) is 0. The van der Waals surface area contributed by atoms with Crippen LogP contribution in [0, 0.1) is 20.2 Å². The molecule has 0 saturated heterocycles. The molecule has 1 amide bonds. The van der Waals surface area contributed by atoms with Crippen molar-refractivity contribution in [3.05, 3.63) is 85.6 Å². The standard InChI is InChI=1S/C18H11ClN4O6S/c19-10-5-6-12(14(9-10)23(27)28)20-18(30)21-17(24)16-8-7-15(29-16)11-3-1-2-4-13(11)22(25)26/h1-9H,(H2,20,21,24,30). The molecule has 1 aromatic heterocycles. The Morgan fingerprint density at radius 2 is 1.70 bits per heavy atom. The summed E-state index contributed by atoms with van der Waals surface area (Å²) in [6.45, 7) is 0. The molecule has 0 aliphatic heterocycles. The van der Waals surface area contributed by atoms with E-state index in [0.717, 1.165) is 6.07 Å². The Hall–Kier alpha value is -3.83. The van der Waals surface area contributed by atoms with Crippen LogP contribution in [-0.4, -0.2) is 20.9 Å². The maximum absolute atomic E-state index is 12.4. The summed E-state index contributed by atoms with van der Waals surface area (Å²) in [6, 6.07) is 12.6. The van der Waals surface area contributed by atoms with E-state index in [-0.39, 0.29) is 44.3 Å². The molecule has 2 N–H and O–H groups in total. The van der Waals surface area contributed by atoms with Gasteiger partial charge in [-0.2, -0.15) is 0 Å². The first-order chi connectivity index (χ1) is 14.3. The fraction of sp³-hybridized carbons (Fsp3) is 0. The average Bonchev–Trinajstić information content (AvgIpc) is 3.19. The lowest BCUT2D eigenvalue weighted by molar-refractivity contribution is -0.384. The van der Waals surface area contributed by atoms with Crippen LogP contribution in [0.2, 0.25) is 5.02 Å². The third-order valence-corrected chi connectivity index (χ3v) is 4.27. The fourth-order valence-electron chi connectivity index (χ4n) is 2.53. The fourth-order valence-corrected chi connectivity index (χ4v) is 2.89. The summed E-state index contributed by atoms with van der Waals surface area (Å²) in [4.78, 5) is 33.4. The van der Waals surface area contributed by atoms with Crippen LogP contribution >= 0.6 is 23.8 Å². The van der Waals surface area contributed by atoms with Gasteiger partial charge in [-0.1, -0.05) is 23.7 Å². The second-order valence-corrected chi connectivity index (χ2v) is 6.61. The minimum atomic E-state index is -0.742. The maximum Gasteiger partial charge on any atom is 0.294 e. The summed E-state index contributed by atoms with van der Waals surface area (Å²) >= 11 is 10.8. The summed E-state index contributed by atoms with van der Waals surface area (Å²) in [7, 11) is 0. The van der Waals surface area contributed by atoms with Gasteiger partial charge >= 0.3 is 0 Å². The van der Waals surface area contributed by atoms with E-state index in [4.69, 9.17) is 28.2 Å². The van der Waals surface area contributed by atoms with Crippen LogP contribution in [-0.2, 0) is 0 Å². The Morgan fingerprint density at radius 3 is 2.40 bits per heavy atom. The molecule has 12 heteroatoms. The SMILES string of the molecule is O=C(NC(=S)Nc1ccc(Cl)cc1[N+](=O)[O-])c1ccc(-c2ccccc2[N+](=O)[O-])o1. The molecule has 0 radical (unpaired) electrons. The number of nitro groups is 2. The third-order valence-electron chi connectivity index (χ3n) is 3.83. The average molecular weight is 447 g/mol. The highest BCUT2D eigenvalue weighted by molar-refractivity contribution is 7.80. The van der Waals surface area contributed by atoms with Crippen LogP contribution in [0.15, 0.2) is 59.0 Å². The first-order valence-corrected chi connectivity index (χ1v) is 8.95. The molecule has 0 saturated carbocycles. The molecule has 0 spiro atoms. The normalized spacial score (nSPS) is 10.3. The van der Waals surface area contributed by atoms with Crippen LogP contribution in [0.25, 0.3) is 11.3 Å². The number of thiocarbonyl (C=S) groups is 1. The Balaban J connectivity index is 1.75. The van der Waals surface area contributed by atoms with Crippen LogP contribution in [0.1, 0.15) is 10.6 Å². The van der Waals surface area contributed by atoms with Crippen molar-refractivity contribution in [1.82, 2.24) is 5.32 Å². The minimum absolute atomic E-state index is 0.0368. The van der Waals surface area contributed by atoms with Crippen LogP contribution in [0.4, 0.5) is 17.1 Å². The highest BCUT2D eigenvalue weighted by Crippen LogP contribution is 2.31. The lowest BCUT2D eigenvalue weighted by atomic mass is 10.1. The number of amides is 1. The van der Waals surface area contributed by atoms with Gasteiger partial charge in [0.25, 0.3) is 17.3 Å². The summed E-state index contributed by atoms with van der Waals surface area (Å²) in [5, 5.41) is 27.1. The molecule has 0 atom stereocenters. The summed E-state index contributed by atoms with van der Waals surface area (Å²) in [5.74, 6) is -0.772. The van der Waals surface area contributed by atoms with Crippen molar-refractivity contribution in [1.29, 1.82) is 0 Å². The van der Waals surface area contributed by atoms with Gasteiger partial charge in [-0.15, -0.1) is 0 Å². The number of hydrogen-bond donors (Lipinski definition) is 2. The van der Waals surface area contributed by atoms with Crippen molar-refractivity contribution in [2.45, 2.75) is 0 Å². The number of carbonyl (C=O) groups is 1. The Kier molecular flexibility index (Phi) is 6.04. The largest absolute Gasteiger partial charge is 0.451 e. The second kappa shape index (κ2) is 8.68. The minimum Gasteiger partial charge on any atom is -0.451 e. The van der Waals surface area contributed by atoms with Crippen molar-refractivity contribution < 1.29 is 19.1 Å². The molecule has 0 aliphatic carbocycles. The zero-order chi connectivity index (χ0) is 21.8. The van der Waals surface area contributed by atoms with Gasteiger partial charge in [-0.25, -0.2) is 0 Å². The molecule has 30 heavy (non-hydrogen) atoms. The molecule has 0 bridgehead atoms. The van der Waals surface area contributed by atoms with Crippen molar-refractivity contribution in [2.75, 3.05) is 5.32 Å². The number of benzene rings is 2. The molecule has 10 nitrogen and oxygen atoms in total. The van der Waals surface area contributed by atoms with Gasteiger partial charge in [-0.05, 0) is 42.5 Å². The molecule has 0 aliphatic rings. The highest BCUT2D eigenvalue weighted by atomic mass is 35.5. The number of hydrogen-bond acceptors (Lipinski definition) is 7. The summed E-state index contributed by atoms with van der Waals surface area (Å²) in [5.41, 5.74) is -0.254. The maximum atomic E-state index is 12.4. The molecular formula is C18H11ClN4O6S. The van der Waals surface area contributed by atoms with Gasteiger partial charge in [0, 0.05) is 17.2 Å². The molecule has 3 aromatic rings. The van der Waals surface area contributed by atoms with E-state index >= 15 is 0 Å². The quantitative estimate of drug-likeness (QED) is 0.330. The second-order valence-electron chi connectivity index (χ2n) is 5.76. The number of carbonyl (C=O) groups excluding carboxylic acids is 1. The van der Waals surface area contributed by atoms with E-state index in [1.54, 1.807) is 6.07 Å². The smallest absolute Gasteiger partial charge is 0.294 e. The topological polar surface area (TPSA) is 141 Å².